The van der Waals surface area contributed by atoms with Crippen LogP contribution >= 0.6 is 32.9 Å². The molecule has 0 bridgehead atoms. The number of H-pyrrole nitrogens is 1. The minimum atomic E-state index is 0. The van der Waals surface area contributed by atoms with E-state index in [-0.39, 0.29) is 17.0 Å². The van der Waals surface area contributed by atoms with Crippen LogP contribution in [0.15, 0.2) is 10.7 Å². The summed E-state index contributed by atoms with van der Waals surface area (Å²) >= 11 is 3.27. The van der Waals surface area contributed by atoms with Gasteiger partial charge < -0.3 is 0 Å². The van der Waals surface area contributed by atoms with Crippen molar-refractivity contribution in [3.8, 4) is 0 Å². The Hall–Kier alpha value is 0.170. The summed E-state index contributed by atoms with van der Waals surface area (Å²) in [6.45, 7) is 1.93. The second-order valence-corrected chi connectivity index (χ2v) is 2.17. The van der Waals surface area contributed by atoms with Gasteiger partial charge in [0.25, 0.3) is 0 Å². The Morgan fingerprint density at radius 2 is 2.38 bits per heavy atom. The van der Waals surface area contributed by atoms with Crippen LogP contribution < -0.4 is 0 Å². The molecule has 0 aliphatic carbocycles. The van der Waals surface area contributed by atoms with Gasteiger partial charge >= 0.3 is 0 Å². The van der Waals surface area contributed by atoms with E-state index in [1.807, 2.05) is 6.92 Å². The smallest absolute Gasteiger partial charge is 0.0733 e. The van der Waals surface area contributed by atoms with E-state index in [2.05, 4.69) is 26.1 Å². The molecule has 1 aromatic heterocycles. The summed E-state index contributed by atoms with van der Waals surface area (Å²) in [5, 5.41) is 6.55. The van der Waals surface area contributed by atoms with Crippen LogP contribution in [-0.4, -0.2) is 10.2 Å². The first kappa shape index (κ1) is 8.17. The topological polar surface area (TPSA) is 28.7 Å². The molecule has 8 heavy (non-hydrogen) atoms. The van der Waals surface area contributed by atoms with Crippen LogP contribution in [0.5, 0.6) is 0 Å². The minimum Gasteiger partial charge on any atom is -0.284 e. The minimum absolute atomic E-state index is 0. The molecule has 0 fully saturated rings. The van der Waals surface area contributed by atoms with Gasteiger partial charge in [-0.15, -0.1) is 17.0 Å². The van der Waals surface area contributed by atoms with Crippen molar-refractivity contribution in [2.24, 2.45) is 0 Å². The van der Waals surface area contributed by atoms with E-state index in [1.54, 1.807) is 6.20 Å². The van der Waals surface area contributed by atoms with Crippen molar-refractivity contribution in [1.82, 2.24) is 10.2 Å². The molecule has 0 amide bonds. The highest BCUT2D eigenvalue weighted by Crippen LogP contribution is 2.09. The molecule has 0 aliphatic heterocycles. The average molecular weight is 242 g/mol. The van der Waals surface area contributed by atoms with Crippen LogP contribution in [0.1, 0.15) is 5.69 Å². The second-order valence-electron chi connectivity index (χ2n) is 1.32. The lowest BCUT2D eigenvalue weighted by atomic mass is 10.5. The van der Waals surface area contributed by atoms with Gasteiger partial charge in [0.2, 0.25) is 0 Å². The van der Waals surface area contributed by atoms with Gasteiger partial charge in [0.05, 0.1) is 10.2 Å². The zero-order chi connectivity index (χ0) is 5.28. The highest BCUT2D eigenvalue weighted by molar-refractivity contribution is 9.10. The number of aromatic nitrogens is 2. The van der Waals surface area contributed by atoms with E-state index in [9.17, 15) is 0 Å². The summed E-state index contributed by atoms with van der Waals surface area (Å²) in [4.78, 5) is 0. The van der Waals surface area contributed by atoms with Crippen LogP contribution in [0, 0.1) is 6.92 Å². The molecule has 1 N–H and O–H groups in total. The number of hydrogen-bond acceptors (Lipinski definition) is 1. The lowest BCUT2D eigenvalue weighted by Crippen LogP contribution is -1.67. The molecule has 0 radical (unpaired) electrons. The Bertz CT molecular complexity index is 144. The SMILES string of the molecule is Br.Cc1n[nH]cc1Br. The summed E-state index contributed by atoms with van der Waals surface area (Å²) in [7, 11) is 0. The molecular formula is C4H6Br2N2. The summed E-state index contributed by atoms with van der Waals surface area (Å²) in [5.74, 6) is 0. The van der Waals surface area contributed by atoms with E-state index >= 15 is 0 Å². The molecule has 0 saturated heterocycles. The Kier molecular flexibility index (Phi) is 3.31. The third kappa shape index (κ3) is 1.59. The van der Waals surface area contributed by atoms with Crippen molar-refractivity contribution in [2.75, 3.05) is 0 Å². The number of aryl methyl sites for hydroxylation is 1. The van der Waals surface area contributed by atoms with Crippen LogP contribution in [-0.2, 0) is 0 Å². The highest BCUT2D eigenvalue weighted by atomic mass is 79.9. The van der Waals surface area contributed by atoms with Crippen molar-refractivity contribution >= 4 is 32.9 Å². The Morgan fingerprint density at radius 3 is 2.50 bits per heavy atom. The van der Waals surface area contributed by atoms with Crippen molar-refractivity contribution in [3.05, 3.63) is 16.4 Å². The van der Waals surface area contributed by atoms with Gasteiger partial charge in [-0.2, -0.15) is 5.10 Å². The lowest BCUT2D eigenvalue weighted by molar-refractivity contribution is 1.05. The van der Waals surface area contributed by atoms with Crippen LogP contribution in [0.2, 0.25) is 0 Å². The third-order valence-corrected chi connectivity index (χ3v) is 1.57. The molecule has 1 heterocycles. The fourth-order valence-corrected chi connectivity index (χ4v) is 0.535. The first-order chi connectivity index (χ1) is 3.30. The molecule has 0 aliphatic rings. The van der Waals surface area contributed by atoms with Crippen molar-refractivity contribution in [2.45, 2.75) is 6.92 Å². The summed E-state index contributed by atoms with van der Waals surface area (Å²) < 4.78 is 1.03. The Labute approximate surface area is 66.6 Å². The van der Waals surface area contributed by atoms with Gasteiger partial charge in [-0.3, -0.25) is 5.10 Å². The molecule has 0 spiro atoms. The maximum absolute atomic E-state index is 3.84. The molecule has 1 rings (SSSR count). The normalized spacial score (nSPS) is 8.25. The first-order valence-corrected chi connectivity index (χ1v) is 2.76. The third-order valence-electron chi connectivity index (χ3n) is 0.769. The van der Waals surface area contributed by atoms with Gasteiger partial charge in [-0.05, 0) is 22.9 Å². The maximum Gasteiger partial charge on any atom is 0.0733 e. The number of nitrogens with zero attached hydrogens (tertiary/aromatic N) is 1. The standard InChI is InChI=1S/C4H5BrN2.BrH/c1-3-4(5)2-6-7-3;/h2H,1H3,(H,6,7);1H. The second kappa shape index (κ2) is 3.25. The molecule has 1 aromatic rings. The van der Waals surface area contributed by atoms with Crippen molar-refractivity contribution in [3.63, 3.8) is 0 Å². The predicted octanol–water partition coefficient (Wildman–Crippen LogP) is 2.06. The zero-order valence-electron chi connectivity index (χ0n) is 4.31. The zero-order valence-corrected chi connectivity index (χ0v) is 7.61. The Morgan fingerprint density at radius 1 is 1.75 bits per heavy atom. The average Bonchev–Trinajstić information content (AvgIpc) is 1.91. The molecule has 0 unspecified atom stereocenters. The number of rotatable bonds is 0. The lowest BCUT2D eigenvalue weighted by Gasteiger charge is -1.74. The van der Waals surface area contributed by atoms with Gasteiger partial charge in [-0.25, -0.2) is 0 Å². The largest absolute Gasteiger partial charge is 0.284 e. The van der Waals surface area contributed by atoms with Gasteiger partial charge in [-0.1, -0.05) is 0 Å². The molecule has 46 valence electrons. The number of hydrogen-bond donors (Lipinski definition) is 1. The first-order valence-electron chi connectivity index (χ1n) is 1.96. The van der Waals surface area contributed by atoms with E-state index in [4.69, 9.17) is 0 Å². The maximum atomic E-state index is 3.84. The molecule has 2 nitrogen and oxygen atoms in total. The van der Waals surface area contributed by atoms with Crippen molar-refractivity contribution in [1.29, 1.82) is 0 Å². The van der Waals surface area contributed by atoms with Crippen molar-refractivity contribution < 1.29 is 0 Å². The predicted molar refractivity (Wildman–Crippen MR) is 41.3 cm³/mol. The van der Waals surface area contributed by atoms with Crippen LogP contribution in [0.4, 0.5) is 0 Å². The van der Waals surface area contributed by atoms with Gasteiger partial charge in [0.1, 0.15) is 0 Å². The fourth-order valence-electron chi connectivity index (χ4n) is 0.344. The summed E-state index contributed by atoms with van der Waals surface area (Å²) in [5.41, 5.74) is 1.00. The molecule has 0 atom stereocenters. The summed E-state index contributed by atoms with van der Waals surface area (Å²) in [6.07, 6.45) is 1.80. The number of aromatic amines is 1. The van der Waals surface area contributed by atoms with Gasteiger partial charge in [0, 0.05) is 6.20 Å². The Balaban J connectivity index is 0.000000490. The van der Waals surface area contributed by atoms with E-state index in [0.717, 1.165) is 10.2 Å². The fraction of sp³-hybridized carbons (Fsp3) is 0.250. The quantitative estimate of drug-likeness (QED) is 0.740. The summed E-state index contributed by atoms with van der Waals surface area (Å²) in [6, 6.07) is 0. The molecule has 0 aromatic carbocycles. The van der Waals surface area contributed by atoms with E-state index in [0.29, 0.717) is 0 Å². The monoisotopic (exact) mass is 240 g/mol. The number of halogens is 2. The number of nitrogens with one attached hydrogen (secondary N) is 1. The van der Waals surface area contributed by atoms with Crippen LogP contribution in [0.25, 0.3) is 0 Å². The highest BCUT2D eigenvalue weighted by Gasteiger charge is 1.90. The molecule has 0 saturated carbocycles. The van der Waals surface area contributed by atoms with E-state index < -0.39 is 0 Å². The van der Waals surface area contributed by atoms with Gasteiger partial charge in [0.15, 0.2) is 0 Å². The van der Waals surface area contributed by atoms with E-state index in [1.165, 1.54) is 0 Å². The van der Waals surface area contributed by atoms with Crippen LogP contribution in [0.3, 0.4) is 0 Å². The molecule has 4 heteroatoms. The molecular weight excluding hydrogens is 236 g/mol.